The summed E-state index contributed by atoms with van der Waals surface area (Å²) in [5.74, 6) is -0.647. The SMILES string of the molecule is CC(C)C(C(=O)NC1CCS(=O)(=O)C1)C(N)=S. The Labute approximate surface area is 107 Å². The summed E-state index contributed by atoms with van der Waals surface area (Å²) in [5, 5.41) is 2.71. The Balaban J connectivity index is 2.63. The van der Waals surface area contributed by atoms with Crippen LogP contribution in [0.3, 0.4) is 0 Å². The molecule has 98 valence electrons. The van der Waals surface area contributed by atoms with Crippen LogP contribution < -0.4 is 11.1 Å². The van der Waals surface area contributed by atoms with Crippen LogP contribution in [0.1, 0.15) is 20.3 Å². The Morgan fingerprint density at radius 3 is 2.41 bits per heavy atom. The highest BCUT2D eigenvalue weighted by atomic mass is 32.2. The highest BCUT2D eigenvalue weighted by Gasteiger charge is 2.32. The van der Waals surface area contributed by atoms with Crippen LogP contribution in [0, 0.1) is 11.8 Å². The molecule has 1 heterocycles. The Hall–Kier alpha value is -0.690. The van der Waals surface area contributed by atoms with E-state index < -0.39 is 15.8 Å². The molecular formula is C10H18N2O3S2. The molecule has 0 saturated carbocycles. The lowest BCUT2D eigenvalue weighted by Crippen LogP contribution is -2.45. The van der Waals surface area contributed by atoms with Gasteiger partial charge in [-0.3, -0.25) is 4.79 Å². The van der Waals surface area contributed by atoms with Gasteiger partial charge in [0.05, 0.1) is 22.4 Å². The number of carbonyl (C=O) groups is 1. The molecule has 0 aliphatic carbocycles. The van der Waals surface area contributed by atoms with Crippen molar-refractivity contribution in [2.45, 2.75) is 26.3 Å². The highest BCUT2D eigenvalue weighted by molar-refractivity contribution is 7.91. The maximum Gasteiger partial charge on any atom is 0.230 e. The summed E-state index contributed by atoms with van der Waals surface area (Å²) < 4.78 is 22.5. The maximum atomic E-state index is 11.9. The second-order valence-corrected chi connectivity index (χ2v) is 7.43. The molecule has 0 aromatic carbocycles. The lowest BCUT2D eigenvalue weighted by molar-refractivity contribution is -0.124. The van der Waals surface area contributed by atoms with Crippen molar-refractivity contribution in [1.82, 2.24) is 5.32 Å². The number of thiocarbonyl (C=S) groups is 1. The predicted molar refractivity (Wildman–Crippen MR) is 70.3 cm³/mol. The van der Waals surface area contributed by atoms with E-state index in [1.54, 1.807) is 0 Å². The van der Waals surface area contributed by atoms with Crippen molar-refractivity contribution in [1.29, 1.82) is 0 Å². The Morgan fingerprint density at radius 2 is 2.06 bits per heavy atom. The molecule has 0 aromatic heterocycles. The largest absolute Gasteiger partial charge is 0.393 e. The van der Waals surface area contributed by atoms with E-state index in [0.29, 0.717) is 6.42 Å². The quantitative estimate of drug-likeness (QED) is 0.698. The Kier molecular flexibility index (Phi) is 4.48. The molecular weight excluding hydrogens is 260 g/mol. The number of hydrogen-bond acceptors (Lipinski definition) is 4. The van der Waals surface area contributed by atoms with Crippen LogP contribution in [0.2, 0.25) is 0 Å². The van der Waals surface area contributed by atoms with Crippen LogP contribution in [0.4, 0.5) is 0 Å². The lowest BCUT2D eigenvalue weighted by atomic mass is 9.94. The summed E-state index contributed by atoms with van der Waals surface area (Å²) in [7, 11) is -2.99. The lowest BCUT2D eigenvalue weighted by Gasteiger charge is -2.21. The third-order valence-corrected chi connectivity index (χ3v) is 4.86. The molecule has 2 unspecified atom stereocenters. The Morgan fingerprint density at radius 1 is 1.47 bits per heavy atom. The number of amides is 1. The number of hydrogen-bond donors (Lipinski definition) is 2. The van der Waals surface area contributed by atoms with Crippen LogP contribution >= 0.6 is 12.2 Å². The van der Waals surface area contributed by atoms with Gasteiger partial charge in [-0.25, -0.2) is 8.42 Å². The standard InChI is InChI=1S/C10H18N2O3S2/c1-6(2)8(9(11)16)10(13)12-7-3-4-17(14,15)5-7/h6-8H,3-5H2,1-2H3,(H2,11,16)(H,12,13). The summed E-state index contributed by atoms with van der Waals surface area (Å²) in [4.78, 5) is 12.1. The second-order valence-electron chi connectivity index (χ2n) is 4.73. The fraction of sp³-hybridized carbons (Fsp3) is 0.800. The van der Waals surface area contributed by atoms with Crippen molar-refractivity contribution in [3.63, 3.8) is 0 Å². The number of rotatable bonds is 4. The molecule has 5 nitrogen and oxygen atoms in total. The fourth-order valence-electron chi connectivity index (χ4n) is 1.96. The summed E-state index contributed by atoms with van der Waals surface area (Å²) in [5.41, 5.74) is 5.52. The van der Waals surface area contributed by atoms with Crippen molar-refractivity contribution < 1.29 is 13.2 Å². The molecule has 3 N–H and O–H groups in total. The minimum Gasteiger partial charge on any atom is -0.393 e. The molecule has 1 saturated heterocycles. The van der Waals surface area contributed by atoms with Gasteiger partial charge in [0.25, 0.3) is 0 Å². The van der Waals surface area contributed by atoms with Crippen LogP contribution in [0.25, 0.3) is 0 Å². The minimum absolute atomic E-state index is 0.00510. The monoisotopic (exact) mass is 278 g/mol. The summed E-state index contributed by atoms with van der Waals surface area (Å²) in [6, 6.07) is -0.303. The van der Waals surface area contributed by atoms with Gasteiger partial charge in [-0.2, -0.15) is 0 Å². The van der Waals surface area contributed by atoms with Crippen LogP contribution in [0.15, 0.2) is 0 Å². The zero-order valence-electron chi connectivity index (χ0n) is 9.97. The van der Waals surface area contributed by atoms with Crippen molar-refractivity contribution in [2.75, 3.05) is 11.5 Å². The predicted octanol–water partition coefficient (Wildman–Crippen LogP) is -0.152. The molecule has 1 rings (SSSR count). The van der Waals surface area contributed by atoms with Gasteiger partial charge in [-0.1, -0.05) is 26.1 Å². The first-order chi connectivity index (χ1) is 7.73. The van der Waals surface area contributed by atoms with E-state index in [1.165, 1.54) is 0 Å². The molecule has 1 aliphatic rings. The molecule has 0 spiro atoms. The van der Waals surface area contributed by atoms with E-state index in [-0.39, 0.29) is 34.4 Å². The first-order valence-corrected chi connectivity index (χ1v) is 7.76. The topological polar surface area (TPSA) is 89.3 Å². The molecule has 1 aliphatic heterocycles. The fourth-order valence-corrected chi connectivity index (χ4v) is 4.01. The average molecular weight is 278 g/mol. The molecule has 17 heavy (non-hydrogen) atoms. The van der Waals surface area contributed by atoms with Gasteiger partial charge >= 0.3 is 0 Å². The van der Waals surface area contributed by atoms with Gasteiger partial charge in [-0.05, 0) is 12.3 Å². The van der Waals surface area contributed by atoms with E-state index in [4.69, 9.17) is 18.0 Å². The number of sulfone groups is 1. The first-order valence-electron chi connectivity index (χ1n) is 5.53. The second kappa shape index (κ2) is 5.30. The van der Waals surface area contributed by atoms with Crippen LogP contribution in [-0.4, -0.2) is 36.9 Å². The van der Waals surface area contributed by atoms with Gasteiger partial charge in [-0.15, -0.1) is 0 Å². The van der Waals surface area contributed by atoms with Crippen molar-refractivity contribution in [3.8, 4) is 0 Å². The van der Waals surface area contributed by atoms with Crippen molar-refractivity contribution >= 4 is 33.0 Å². The van der Waals surface area contributed by atoms with E-state index in [9.17, 15) is 13.2 Å². The molecule has 1 fully saturated rings. The van der Waals surface area contributed by atoms with Gasteiger partial charge in [0.15, 0.2) is 9.84 Å². The molecule has 2 atom stereocenters. The minimum atomic E-state index is -2.99. The Bertz CT molecular complexity index is 417. The zero-order valence-corrected chi connectivity index (χ0v) is 11.6. The summed E-state index contributed by atoms with van der Waals surface area (Å²) >= 11 is 4.85. The van der Waals surface area contributed by atoms with E-state index >= 15 is 0 Å². The van der Waals surface area contributed by atoms with E-state index in [2.05, 4.69) is 5.32 Å². The zero-order chi connectivity index (χ0) is 13.2. The van der Waals surface area contributed by atoms with Gasteiger partial charge in [0.1, 0.15) is 0 Å². The summed E-state index contributed by atoms with van der Waals surface area (Å²) in [6.07, 6.45) is 0.468. The van der Waals surface area contributed by atoms with Crippen molar-refractivity contribution in [3.05, 3.63) is 0 Å². The van der Waals surface area contributed by atoms with E-state index in [1.807, 2.05) is 13.8 Å². The molecule has 1 amide bonds. The number of nitrogens with one attached hydrogen (secondary N) is 1. The number of carbonyl (C=O) groups excluding carboxylic acids is 1. The van der Waals surface area contributed by atoms with E-state index in [0.717, 1.165) is 0 Å². The smallest absolute Gasteiger partial charge is 0.230 e. The molecule has 0 bridgehead atoms. The van der Waals surface area contributed by atoms with Gasteiger partial charge in [0, 0.05) is 6.04 Å². The number of nitrogens with two attached hydrogens (primary N) is 1. The van der Waals surface area contributed by atoms with Crippen LogP contribution in [-0.2, 0) is 14.6 Å². The van der Waals surface area contributed by atoms with Gasteiger partial charge in [0.2, 0.25) is 5.91 Å². The van der Waals surface area contributed by atoms with Crippen molar-refractivity contribution in [2.24, 2.45) is 17.6 Å². The maximum absolute atomic E-state index is 11.9. The molecule has 0 radical (unpaired) electrons. The van der Waals surface area contributed by atoms with Crippen LogP contribution in [0.5, 0.6) is 0 Å². The third-order valence-electron chi connectivity index (χ3n) is 2.83. The third kappa shape index (κ3) is 3.92. The average Bonchev–Trinajstić information content (AvgIpc) is 2.43. The highest BCUT2D eigenvalue weighted by Crippen LogP contribution is 2.15. The summed E-state index contributed by atoms with van der Waals surface area (Å²) in [6.45, 7) is 3.71. The molecule has 7 heteroatoms. The van der Waals surface area contributed by atoms with Gasteiger partial charge < -0.3 is 11.1 Å². The normalized spacial score (nSPS) is 24.5. The molecule has 0 aromatic rings. The first kappa shape index (κ1) is 14.4.